The summed E-state index contributed by atoms with van der Waals surface area (Å²) in [5, 5.41) is 12.8. The van der Waals surface area contributed by atoms with Crippen LogP contribution in [-0.4, -0.2) is 60.4 Å². The number of aliphatic hydroxyl groups is 1. The van der Waals surface area contributed by atoms with Crippen LogP contribution in [0.1, 0.15) is 5.56 Å². The lowest BCUT2D eigenvalue weighted by atomic mass is 10.2. The van der Waals surface area contributed by atoms with Crippen molar-refractivity contribution in [3.63, 3.8) is 0 Å². The Bertz CT molecular complexity index is 361. The largest absolute Gasteiger partial charge is 0.447 e. The summed E-state index contributed by atoms with van der Waals surface area (Å²) < 4.78 is 4.89. The zero-order chi connectivity index (χ0) is 12.8. The van der Waals surface area contributed by atoms with Gasteiger partial charge in [-0.05, 0) is 22.4 Å². The summed E-state index contributed by atoms with van der Waals surface area (Å²) in [5.74, 6) is 0. The molecule has 6 heteroatoms. The van der Waals surface area contributed by atoms with E-state index in [9.17, 15) is 4.79 Å². The van der Waals surface area contributed by atoms with E-state index in [4.69, 9.17) is 9.84 Å². The summed E-state index contributed by atoms with van der Waals surface area (Å²) in [7, 11) is 0. The van der Waals surface area contributed by atoms with Crippen molar-refractivity contribution >= 4 is 17.4 Å². The van der Waals surface area contributed by atoms with Gasteiger partial charge in [-0.15, -0.1) is 0 Å². The highest BCUT2D eigenvalue weighted by atomic mass is 32.1. The summed E-state index contributed by atoms with van der Waals surface area (Å²) in [5.41, 5.74) is 1.33. The second-order valence-corrected chi connectivity index (χ2v) is 5.01. The van der Waals surface area contributed by atoms with Crippen molar-refractivity contribution in [3.8, 4) is 0 Å². The zero-order valence-electron chi connectivity index (χ0n) is 10.2. The van der Waals surface area contributed by atoms with Gasteiger partial charge in [0.25, 0.3) is 0 Å². The fourth-order valence-corrected chi connectivity index (χ4v) is 2.61. The number of thiophene rings is 1. The molecule has 1 aromatic heterocycles. The molecule has 0 saturated carbocycles. The van der Waals surface area contributed by atoms with E-state index in [0.29, 0.717) is 13.1 Å². The van der Waals surface area contributed by atoms with Crippen LogP contribution in [0.3, 0.4) is 0 Å². The van der Waals surface area contributed by atoms with Gasteiger partial charge in [-0.25, -0.2) is 4.79 Å². The molecule has 2 heterocycles. The molecule has 1 N–H and O–H groups in total. The molecular weight excluding hydrogens is 252 g/mol. The molecule has 0 aromatic carbocycles. The highest BCUT2D eigenvalue weighted by Crippen LogP contribution is 2.12. The molecule has 0 bridgehead atoms. The minimum absolute atomic E-state index is 0.0773. The van der Waals surface area contributed by atoms with Crippen molar-refractivity contribution in [3.05, 3.63) is 22.4 Å². The molecular formula is C12H18N2O3S. The highest BCUT2D eigenvalue weighted by molar-refractivity contribution is 7.07. The van der Waals surface area contributed by atoms with Crippen LogP contribution in [0.25, 0.3) is 0 Å². The van der Waals surface area contributed by atoms with Crippen LogP contribution in [0.5, 0.6) is 0 Å². The first-order valence-electron chi connectivity index (χ1n) is 6.05. The molecule has 1 aliphatic heterocycles. The highest BCUT2D eigenvalue weighted by Gasteiger charge is 2.21. The van der Waals surface area contributed by atoms with E-state index in [1.54, 1.807) is 16.2 Å². The van der Waals surface area contributed by atoms with Gasteiger partial charge in [-0.3, -0.25) is 4.90 Å². The van der Waals surface area contributed by atoms with Gasteiger partial charge in [-0.1, -0.05) is 0 Å². The molecule has 1 saturated heterocycles. The van der Waals surface area contributed by atoms with Crippen LogP contribution >= 0.6 is 11.3 Å². The Hall–Kier alpha value is -1.11. The molecule has 1 fully saturated rings. The lowest BCUT2D eigenvalue weighted by Gasteiger charge is -2.33. The first-order valence-corrected chi connectivity index (χ1v) is 7.00. The van der Waals surface area contributed by atoms with Gasteiger partial charge in [0.15, 0.2) is 0 Å². The Morgan fingerprint density at radius 3 is 2.78 bits per heavy atom. The summed E-state index contributed by atoms with van der Waals surface area (Å²) in [6, 6.07) is 2.13. The van der Waals surface area contributed by atoms with Crippen LogP contribution in [0.2, 0.25) is 0 Å². The Balaban J connectivity index is 1.72. The zero-order valence-corrected chi connectivity index (χ0v) is 11.1. The minimum Gasteiger partial charge on any atom is -0.447 e. The summed E-state index contributed by atoms with van der Waals surface area (Å²) in [4.78, 5) is 15.6. The number of nitrogens with zero attached hydrogens (tertiary/aromatic N) is 2. The first kappa shape index (κ1) is 13.3. The number of carbonyl (C=O) groups is 1. The van der Waals surface area contributed by atoms with E-state index in [1.165, 1.54) is 5.56 Å². The lowest BCUT2D eigenvalue weighted by molar-refractivity contribution is 0.0630. The van der Waals surface area contributed by atoms with Gasteiger partial charge < -0.3 is 14.7 Å². The van der Waals surface area contributed by atoms with Crippen molar-refractivity contribution in [2.75, 3.05) is 39.4 Å². The van der Waals surface area contributed by atoms with E-state index in [2.05, 4.69) is 21.7 Å². The first-order chi connectivity index (χ1) is 8.79. The molecule has 1 aliphatic rings. The molecule has 1 amide bonds. The van der Waals surface area contributed by atoms with Crippen molar-refractivity contribution in [1.82, 2.24) is 9.80 Å². The molecule has 18 heavy (non-hydrogen) atoms. The summed E-state index contributed by atoms with van der Waals surface area (Å²) in [6.45, 7) is 4.01. The predicted octanol–water partition coefficient (Wildman–Crippen LogP) is 0.995. The monoisotopic (exact) mass is 270 g/mol. The minimum atomic E-state index is -0.320. The molecule has 0 radical (unpaired) electrons. The van der Waals surface area contributed by atoms with Gasteiger partial charge in [0.1, 0.15) is 6.61 Å². The number of ether oxygens (including phenoxy) is 1. The van der Waals surface area contributed by atoms with Crippen molar-refractivity contribution < 1.29 is 14.6 Å². The maximum absolute atomic E-state index is 11.6. The second-order valence-electron chi connectivity index (χ2n) is 4.23. The Morgan fingerprint density at radius 1 is 1.39 bits per heavy atom. The van der Waals surface area contributed by atoms with Crippen molar-refractivity contribution in [2.24, 2.45) is 0 Å². The number of amides is 1. The van der Waals surface area contributed by atoms with Crippen LogP contribution in [0, 0.1) is 0 Å². The van der Waals surface area contributed by atoms with Crippen LogP contribution in [0.15, 0.2) is 16.8 Å². The number of hydrogen-bond acceptors (Lipinski definition) is 5. The third kappa shape index (κ3) is 3.69. The van der Waals surface area contributed by atoms with E-state index in [1.807, 2.05) is 0 Å². The van der Waals surface area contributed by atoms with Gasteiger partial charge in [-0.2, -0.15) is 11.3 Å². The summed E-state index contributed by atoms with van der Waals surface area (Å²) in [6.07, 6.45) is -0.320. The van der Waals surface area contributed by atoms with E-state index in [0.717, 1.165) is 19.6 Å². The number of rotatable bonds is 4. The molecule has 100 valence electrons. The lowest BCUT2D eigenvalue weighted by Crippen LogP contribution is -2.48. The third-order valence-corrected chi connectivity index (χ3v) is 3.67. The van der Waals surface area contributed by atoms with Crippen molar-refractivity contribution in [1.29, 1.82) is 0 Å². The van der Waals surface area contributed by atoms with E-state index < -0.39 is 0 Å². The molecule has 0 spiro atoms. The van der Waals surface area contributed by atoms with Gasteiger partial charge in [0.2, 0.25) is 0 Å². The molecule has 1 aromatic rings. The number of piperazine rings is 1. The quantitative estimate of drug-likeness (QED) is 0.886. The maximum Gasteiger partial charge on any atom is 0.409 e. The number of hydrogen-bond donors (Lipinski definition) is 1. The van der Waals surface area contributed by atoms with E-state index in [-0.39, 0.29) is 19.3 Å². The van der Waals surface area contributed by atoms with Crippen molar-refractivity contribution in [2.45, 2.75) is 6.54 Å². The Labute approximate surface area is 111 Å². The molecule has 0 aliphatic carbocycles. The van der Waals surface area contributed by atoms with Crippen LogP contribution < -0.4 is 0 Å². The molecule has 5 nitrogen and oxygen atoms in total. The van der Waals surface area contributed by atoms with Crippen LogP contribution in [-0.2, 0) is 11.3 Å². The standard InChI is InChI=1S/C12H18N2O3S/c15-6-7-17-12(16)14-4-2-13(3-5-14)9-11-1-8-18-10-11/h1,8,10,15H,2-7,9H2. The maximum atomic E-state index is 11.6. The van der Waals surface area contributed by atoms with E-state index >= 15 is 0 Å². The third-order valence-electron chi connectivity index (χ3n) is 2.93. The normalized spacial score (nSPS) is 16.8. The smallest absolute Gasteiger partial charge is 0.409 e. The average molecular weight is 270 g/mol. The SMILES string of the molecule is O=C(OCCO)N1CCN(Cc2ccsc2)CC1. The fraction of sp³-hybridized carbons (Fsp3) is 0.583. The van der Waals surface area contributed by atoms with Crippen LogP contribution in [0.4, 0.5) is 4.79 Å². The molecule has 2 rings (SSSR count). The van der Waals surface area contributed by atoms with Gasteiger partial charge in [0.05, 0.1) is 6.61 Å². The molecule has 0 atom stereocenters. The van der Waals surface area contributed by atoms with Gasteiger partial charge >= 0.3 is 6.09 Å². The fourth-order valence-electron chi connectivity index (χ4n) is 1.95. The Kier molecular flexibility index (Phi) is 4.98. The number of aliphatic hydroxyl groups excluding tert-OH is 1. The predicted molar refractivity (Wildman–Crippen MR) is 69.6 cm³/mol. The number of carbonyl (C=O) groups excluding carboxylic acids is 1. The molecule has 0 unspecified atom stereocenters. The topological polar surface area (TPSA) is 53.0 Å². The van der Waals surface area contributed by atoms with Gasteiger partial charge in [0, 0.05) is 32.7 Å². The Morgan fingerprint density at radius 2 is 2.17 bits per heavy atom. The summed E-state index contributed by atoms with van der Waals surface area (Å²) >= 11 is 1.71. The average Bonchev–Trinajstić information content (AvgIpc) is 2.89. The second kappa shape index (κ2) is 6.72.